The van der Waals surface area contributed by atoms with E-state index in [1.807, 2.05) is 20.8 Å². The van der Waals surface area contributed by atoms with Crippen LogP contribution < -0.4 is 5.32 Å². The lowest BCUT2D eigenvalue weighted by atomic mass is 10.2. The molecule has 0 saturated carbocycles. The van der Waals surface area contributed by atoms with E-state index in [0.29, 0.717) is 6.01 Å². The van der Waals surface area contributed by atoms with Crippen LogP contribution in [0.15, 0.2) is 9.90 Å². The Balaban J connectivity index is 1.81. The van der Waals surface area contributed by atoms with Crippen LogP contribution in [0.25, 0.3) is 0 Å². The minimum atomic E-state index is 0.287. The molecule has 5 nitrogen and oxygen atoms in total. The van der Waals surface area contributed by atoms with Crippen LogP contribution in [0.1, 0.15) is 36.3 Å². The third-order valence-electron chi connectivity index (χ3n) is 2.28. The number of thiazole rings is 1. The standard InChI is InChI=1S/C11H16N4OS/c1-7(2)10-14-11(16-15-10)12-5-4-9-6-17-8(3)13-9/h6-7H,4-5H2,1-3H3,(H,12,14,15). The molecule has 0 aliphatic heterocycles. The largest absolute Gasteiger partial charge is 0.337 e. The van der Waals surface area contributed by atoms with Gasteiger partial charge >= 0.3 is 6.01 Å². The van der Waals surface area contributed by atoms with Gasteiger partial charge < -0.3 is 9.84 Å². The van der Waals surface area contributed by atoms with Gasteiger partial charge in [0.2, 0.25) is 0 Å². The summed E-state index contributed by atoms with van der Waals surface area (Å²) in [5.74, 6) is 1.02. The van der Waals surface area contributed by atoms with Crippen molar-refractivity contribution in [3.05, 3.63) is 21.9 Å². The third kappa shape index (κ3) is 3.26. The van der Waals surface area contributed by atoms with Crippen LogP contribution >= 0.6 is 11.3 Å². The van der Waals surface area contributed by atoms with Crippen molar-refractivity contribution >= 4 is 17.4 Å². The quantitative estimate of drug-likeness (QED) is 0.886. The monoisotopic (exact) mass is 252 g/mol. The molecule has 92 valence electrons. The molecule has 0 aliphatic carbocycles. The van der Waals surface area contributed by atoms with E-state index >= 15 is 0 Å². The summed E-state index contributed by atoms with van der Waals surface area (Å²) < 4.78 is 5.08. The lowest BCUT2D eigenvalue weighted by molar-refractivity contribution is 0.419. The van der Waals surface area contributed by atoms with Crippen molar-refractivity contribution in [3.63, 3.8) is 0 Å². The number of hydrogen-bond donors (Lipinski definition) is 1. The Kier molecular flexibility index (Phi) is 3.73. The van der Waals surface area contributed by atoms with Gasteiger partial charge in [-0.05, 0) is 6.92 Å². The lowest BCUT2D eigenvalue weighted by Gasteiger charge is -1.98. The van der Waals surface area contributed by atoms with Crippen molar-refractivity contribution in [2.24, 2.45) is 0 Å². The van der Waals surface area contributed by atoms with Crippen LogP contribution in [0.3, 0.4) is 0 Å². The molecule has 0 atom stereocenters. The number of anilines is 1. The smallest absolute Gasteiger partial charge is 0.321 e. The molecule has 0 amide bonds. The van der Waals surface area contributed by atoms with Crippen molar-refractivity contribution in [1.29, 1.82) is 0 Å². The van der Waals surface area contributed by atoms with Crippen LogP contribution in [0, 0.1) is 6.92 Å². The zero-order valence-electron chi connectivity index (χ0n) is 10.2. The summed E-state index contributed by atoms with van der Waals surface area (Å²) in [5.41, 5.74) is 1.10. The van der Waals surface area contributed by atoms with E-state index in [-0.39, 0.29) is 5.92 Å². The number of aromatic nitrogens is 3. The molecule has 0 radical (unpaired) electrons. The summed E-state index contributed by atoms with van der Waals surface area (Å²) in [4.78, 5) is 8.63. The Bertz CT molecular complexity index is 477. The Morgan fingerprint density at radius 2 is 2.24 bits per heavy atom. The number of hydrogen-bond acceptors (Lipinski definition) is 6. The molecule has 0 saturated heterocycles. The molecule has 2 aromatic rings. The second-order valence-corrected chi connectivity index (χ2v) is 5.21. The van der Waals surface area contributed by atoms with Crippen LogP contribution in [0.4, 0.5) is 6.01 Å². The molecule has 0 spiro atoms. The van der Waals surface area contributed by atoms with Gasteiger partial charge in [0, 0.05) is 24.3 Å². The topological polar surface area (TPSA) is 63.8 Å². The Labute approximate surface area is 104 Å². The van der Waals surface area contributed by atoms with Crippen molar-refractivity contribution in [2.75, 3.05) is 11.9 Å². The predicted octanol–water partition coefficient (Wildman–Crippen LogP) is 2.61. The second-order valence-electron chi connectivity index (χ2n) is 4.15. The molecule has 0 fully saturated rings. The van der Waals surface area contributed by atoms with Crippen molar-refractivity contribution < 1.29 is 4.52 Å². The van der Waals surface area contributed by atoms with Gasteiger partial charge in [-0.3, -0.25) is 0 Å². The molecule has 2 heterocycles. The fourth-order valence-corrected chi connectivity index (χ4v) is 2.01. The average Bonchev–Trinajstić information content (AvgIpc) is 2.88. The van der Waals surface area contributed by atoms with E-state index in [9.17, 15) is 0 Å². The average molecular weight is 252 g/mol. The number of nitrogens with zero attached hydrogens (tertiary/aromatic N) is 3. The molecular weight excluding hydrogens is 236 g/mol. The Hall–Kier alpha value is -1.43. The summed E-state index contributed by atoms with van der Waals surface area (Å²) in [7, 11) is 0. The van der Waals surface area contributed by atoms with Crippen molar-refractivity contribution in [1.82, 2.24) is 15.1 Å². The fraction of sp³-hybridized carbons (Fsp3) is 0.545. The summed E-state index contributed by atoms with van der Waals surface area (Å²) in [6.45, 7) is 6.83. The highest BCUT2D eigenvalue weighted by Crippen LogP contribution is 2.13. The van der Waals surface area contributed by atoms with Gasteiger partial charge in [0.25, 0.3) is 0 Å². The highest BCUT2D eigenvalue weighted by Gasteiger charge is 2.08. The first-order valence-electron chi connectivity index (χ1n) is 5.63. The van der Waals surface area contributed by atoms with Gasteiger partial charge in [-0.2, -0.15) is 4.98 Å². The molecular formula is C11H16N4OS. The van der Waals surface area contributed by atoms with Crippen LogP contribution in [-0.2, 0) is 6.42 Å². The number of aryl methyl sites for hydroxylation is 1. The van der Waals surface area contributed by atoms with E-state index in [1.165, 1.54) is 0 Å². The predicted molar refractivity (Wildman–Crippen MR) is 67.4 cm³/mol. The Morgan fingerprint density at radius 3 is 2.82 bits per heavy atom. The second kappa shape index (κ2) is 5.27. The summed E-state index contributed by atoms with van der Waals surface area (Å²) >= 11 is 1.67. The van der Waals surface area contributed by atoms with Gasteiger partial charge in [0.15, 0.2) is 5.82 Å². The van der Waals surface area contributed by atoms with Crippen molar-refractivity contribution in [2.45, 2.75) is 33.1 Å². The molecule has 2 rings (SSSR count). The molecule has 0 unspecified atom stereocenters. The SMILES string of the molecule is Cc1nc(CCNc2nc(C(C)C)no2)cs1. The molecule has 2 aromatic heterocycles. The van der Waals surface area contributed by atoms with Gasteiger partial charge in [0.1, 0.15) is 0 Å². The van der Waals surface area contributed by atoms with Gasteiger partial charge in [-0.15, -0.1) is 11.3 Å². The lowest BCUT2D eigenvalue weighted by Crippen LogP contribution is -2.05. The molecule has 1 N–H and O–H groups in total. The molecule has 17 heavy (non-hydrogen) atoms. The normalized spacial score (nSPS) is 11.1. The Morgan fingerprint density at radius 1 is 1.41 bits per heavy atom. The van der Waals surface area contributed by atoms with Gasteiger partial charge in [-0.1, -0.05) is 19.0 Å². The van der Waals surface area contributed by atoms with E-state index in [1.54, 1.807) is 11.3 Å². The van der Waals surface area contributed by atoms with Crippen LogP contribution in [-0.4, -0.2) is 21.7 Å². The van der Waals surface area contributed by atoms with E-state index in [2.05, 4.69) is 25.8 Å². The maximum Gasteiger partial charge on any atom is 0.321 e. The van der Waals surface area contributed by atoms with E-state index < -0.39 is 0 Å². The summed E-state index contributed by atoms with van der Waals surface area (Å²) in [6, 6.07) is 0.487. The molecule has 0 bridgehead atoms. The minimum absolute atomic E-state index is 0.287. The molecule has 0 aromatic carbocycles. The molecule has 0 aliphatic rings. The van der Waals surface area contributed by atoms with E-state index in [4.69, 9.17) is 4.52 Å². The van der Waals surface area contributed by atoms with Gasteiger partial charge in [0.05, 0.1) is 10.7 Å². The maximum atomic E-state index is 5.08. The third-order valence-corrected chi connectivity index (χ3v) is 3.10. The highest BCUT2D eigenvalue weighted by molar-refractivity contribution is 7.09. The molecule has 6 heteroatoms. The van der Waals surface area contributed by atoms with Gasteiger partial charge in [-0.25, -0.2) is 4.98 Å². The van der Waals surface area contributed by atoms with Crippen LogP contribution in [0.5, 0.6) is 0 Å². The van der Waals surface area contributed by atoms with Crippen LogP contribution in [0.2, 0.25) is 0 Å². The fourth-order valence-electron chi connectivity index (χ4n) is 1.36. The zero-order valence-corrected chi connectivity index (χ0v) is 11.0. The summed E-state index contributed by atoms with van der Waals surface area (Å²) in [5, 5.41) is 10.2. The highest BCUT2D eigenvalue weighted by atomic mass is 32.1. The van der Waals surface area contributed by atoms with E-state index in [0.717, 1.165) is 29.5 Å². The minimum Gasteiger partial charge on any atom is -0.337 e. The number of nitrogens with one attached hydrogen (secondary N) is 1. The number of rotatable bonds is 5. The first-order chi connectivity index (χ1) is 8.15. The zero-order chi connectivity index (χ0) is 12.3. The first kappa shape index (κ1) is 12.0. The first-order valence-corrected chi connectivity index (χ1v) is 6.51. The summed E-state index contributed by atoms with van der Waals surface area (Å²) in [6.07, 6.45) is 0.865. The maximum absolute atomic E-state index is 5.08. The van der Waals surface area contributed by atoms with Crippen molar-refractivity contribution in [3.8, 4) is 0 Å².